The zero-order valence-corrected chi connectivity index (χ0v) is 11.3. The number of nitrogens with one attached hydrogen (secondary N) is 1. The van der Waals surface area contributed by atoms with Crippen molar-refractivity contribution in [1.29, 1.82) is 5.26 Å². The largest absolute Gasteiger partial charge is 0.479 e. The average molecular weight is 291 g/mol. The normalized spacial score (nSPS) is 9.85. The number of nitrogens with zero attached hydrogens (tertiary/aromatic N) is 1. The highest BCUT2D eigenvalue weighted by Gasteiger charge is 2.01. The maximum absolute atomic E-state index is 13.2. The minimum Gasteiger partial charge on any atom is -0.479 e. The lowest BCUT2D eigenvalue weighted by atomic mass is 10.2. The quantitative estimate of drug-likeness (QED) is 0.905. The lowest BCUT2D eigenvalue weighted by Gasteiger charge is -2.09. The van der Waals surface area contributed by atoms with E-state index >= 15 is 0 Å². The van der Waals surface area contributed by atoms with Crippen LogP contribution in [0.4, 0.5) is 10.1 Å². The zero-order valence-electron chi connectivity index (χ0n) is 10.6. The first-order valence-corrected chi connectivity index (χ1v) is 6.34. The van der Waals surface area contributed by atoms with Gasteiger partial charge in [0.2, 0.25) is 0 Å². The van der Waals surface area contributed by atoms with Gasteiger partial charge in [-0.15, -0.1) is 0 Å². The summed E-state index contributed by atoms with van der Waals surface area (Å²) in [4.78, 5) is 0. The van der Waals surface area contributed by atoms with Crippen LogP contribution in [0.5, 0.6) is 5.75 Å². The Balaban J connectivity index is 2.01. The van der Waals surface area contributed by atoms with Crippen molar-refractivity contribution in [2.45, 2.75) is 6.54 Å². The molecule has 0 aliphatic rings. The van der Waals surface area contributed by atoms with Gasteiger partial charge in [0.05, 0.1) is 0 Å². The van der Waals surface area contributed by atoms with E-state index in [0.717, 1.165) is 11.3 Å². The van der Waals surface area contributed by atoms with Gasteiger partial charge in [0.15, 0.2) is 6.61 Å². The maximum Gasteiger partial charge on any atom is 0.174 e. The van der Waals surface area contributed by atoms with Gasteiger partial charge in [-0.2, -0.15) is 5.26 Å². The number of rotatable bonds is 5. The van der Waals surface area contributed by atoms with Gasteiger partial charge < -0.3 is 10.1 Å². The van der Waals surface area contributed by atoms with Crippen LogP contribution in [0.25, 0.3) is 0 Å². The second kappa shape index (κ2) is 6.78. The Morgan fingerprint density at radius 1 is 1.25 bits per heavy atom. The molecule has 0 aromatic heterocycles. The predicted molar refractivity (Wildman–Crippen MR) is 76.3 cm³/mol. The summed E-state index contributed by atoms with van der Waals surface area (Å²) < 4.78 is 18.4. The van der Waals surface area contributed by atoms with E-state index in [9.17, 15) is 4.39 Å². The monoisotopic (exact) mass is 290 g/mol. The first kappa shape index (κ1) is 14.2. The SMILES string of the molecule is N#CCOc1cccc(NCc2cc(F)cc(Cl)c2)c1. The molecule has 0 unspecified atom stereocenters. The summed E-state index contributed by atoms with van der Waals surface area (Å²) in [7, 11) is 0. The summed E-state index contributed by atoms with van der Waals surface area (Å²) >= 11 is 5.80. The summed E-state index contributed by atoms with van der Waals surface area (Å²) in [6.07, 6.45) is 0. The Morgan fingerprint density at radius 2 is 2.10 bits per heavy atom. The van der Waals surface area contributed by atoms with Gasteiger partial charge in [0.25, 0.3) is 0 Å². The van der Waals surface area contributed by atoms with Crippen molar-refractivity contribution in [3.05, 3.63) is 58.9 Å². The van der Waals surface area contributed by atoms with E-state index in [2.05, 4.69) is 5.32 Å². The third kappa shape index (κ3) is 4.15. The summed E-state index contributed by atoms with van der Waals surface area (Å²) in [6.45, 7) is 0.447. The van der Waals surface area contributed by atoms with Gasteiger partial charge in [-0.05, 0) is 35.9 Å². The van der Waals surface area contributed by atoms with Crippen molar-refractivity contribution in [3.8, 4) is 11.8 Å². The highest BCUT2D eigenvalue weighted by Crippen LogP contribution is 2.19. The standard InChI is InChI=1S/C15H12ClFN2O/c16-12-6-11(7-13(17)8-12)10-19-14-2-1-3-15(9-14)20-5-4-18/h1-3,6-9,19H,5,10H2. The maximum atomic E-state index is 13.2. The van der Waals surface area contributed by atoms with E-state index in [1.807, 2.05) is 18.2 Å². The highest BCUT2D eigenvalue weighted by atomic mass is 35.5. The van der Waals surface area contributed by atoms with Crippen LogP contribution in [0.15, 0.2) is 42.5 Å². The molecule has 102 valence electrons. The van der Waals surface area contributed by atoms with E-state index in [4.69, 9.17) is 21.6 Å². The molecule has 0 bridgehead atoms. The lowest BCUT2D eigenvalue weighted by Crippen LogP contribution is -2.00. The molecule has 0 amide bonds. The van der Waals surface area contributed by atoms with Crippen molar-refractivity contribution in [1.82, 2.24) is 0 Å². The molecule has 0 saturated carbocycles. The van der Waals surface area contributed by atoms with Crippen LogP contribution in [0.3, 0.4) is 0 Å². The van der Waals surface area contributed by atoms with Crippen molar-refractivity contribution in [3.63, 3.8) is 0 Å². The molecular weight excluding hydrogens is 279 g/mol. The summed E-state index contributed by atoms with van der Waals surface area (Å²) in [5.74, 6) is 0.245. The summed E-state index contributed by atoms with van der Waals surface area (Å²) in [5, 5.41) is 12.0. The van der Waals surface area contributed by atoms with Crippen molar-refractivity contribution < 1.29 is 9.13 Å². The topological polar surface area (TPSA) is 45.0 Å². The molecule has 20 heavy (non-hydrogen) atoms. The summed E-state index contributed by atoms with van der Waals surface area (Å²) in [5.41, 5.74) is 1.57. The van der Waals surface area contributed by atoms with E-state index < -0.39 is 0 Å². The Kier molecular flexibility index (Phi) is 4.80. The molecule has 0 aliphatic carbocycles. The molecule has 0 aliphatic heterocycles. The number of nitriles is 1. The van der Waals surface area contributed by atoms with Gasteiger partial charge in [-0.25, -0.2) is 4.39 Å². The van der Waals surface area contributed by atoms with Crippen molar-refractivity contribution in [2.24, 2.45) is 0 Å². The van der Waals surface area contributed by atoms with Crippen molar-refractivity contribution >= 4 is 17.3 Å². The first-order valence-electron chi connectivity index (χ1n) is 5.96. The molecule has 1 N–H and O–H groups in total. The second-order valence-corrected chi connectivity index (χ2v) is 4.54. The summed E-state index contributed by atoms with van der Waals surface area (Å²) in [6, 6.07) is 13.5. The molecular formula is C15H12ClFN2O. The van der Waals surface area contributed by atoms with Crippen molar-refractivity contribution in [2.75, 3.05) is 11.9 Å². The number of halogens is 2. The van der Waals surface area contributed by atoms with Crippen LogP contribution in [0, 0.1) is 17.1 Å². The van der Waals surface area contributed by atoms with Crippen LogP contribution >= 0.6 is 11.6 Å². The Labute approximate surface area is 121 Å². The molecule has 0 heterocycles. The fraction of sp³-hybridized carbons (Fsp3) is 0.133. The van der Waals surface area contributed by atoms with Gasteiger partial charge in [0.1, 0.15) is 17.6 Å². The molecule has 0 radical (unpaired) electrons. The predicted octanol–water partition coefficient (Wildman–Crippen LogP) is 3.99. The minimum absolute atomic E-state index is 0.00293. The minimum atomic E-state index is -0.361. The van der Waals surface area contributed by atoms with E-state index in [1.54, 1.807) is 18.2 Å². The molecule has 2 aromatic carbocycles. The molecule has 2 aromatic rings. The third-order valence-corrected chi connectivity index (χ3v) is 2.77. The number of hydrogen-bond acceptors (Lipinski definition) is 3. The Hall–Kier alpha value is -2.25. The first-order chi connectivity index (χ1) is 9.67. The molecule has 0 atom stereocenters. The van der Waals surface area contributed by atoms with Gasteiger partial charge in [-0.3, -0.25) is 0 Å². The van der Waals surface area contributed by atoms with Gasteiger partial charge in [-0.1, -0.05) is 17.7 Å². The third-order valence-electron chi connectivity index (χ3n) is 2.56. The number of anilines is 1. The van der Waals surface area contributed by atoms with Gasteiger partial charge in [0, 0.05) is 23.3 Å². The molecule has 0 saturated heterocycles. The number of hydrogen-bond donors (Lipinski definition) is 1. The van der Waals surface area contributed by atoms with Crippen LogP contribution in [-0.4, -0.2) is 6.61 Å². The van der Waals surface area contributed by atoms with E-state index in [1.165, 1.54) is 12.1 Å². The van der Waals surface area contributed by atoms with Crippen LogP contribution in [0.2, 0.25) is 5.02 Å². The molecule has 0 spiro atoms. The van der Waals surface area contributed by atoms with Crippen LogP contribution in [0.1, 0.15) is 5.56 Å². The molecule has 5 heteroatoms. The van der Waals surface area contributed by atoms with E-state index in [-0.39, 0.29) is 12.4 Å². The fourth-order valence-corrected chi connectivity index (χ4v) is 1.97. The Morgan fingerprint density at radius 3 is 2.85 bits per heavy atom. The number of ether oxygens (including phenoxy) is 1. The average Bonchev–Trinajstić information content (AvgIpc) is 2.42. The molecule has 0 fully saturated rings. The highest BCUT2D eigenvalue weighted by molar-refractivity contribution is 6.30. The van der Waals surface area contributed by atoms with Crippen LogP contribution < -0.4 is 10.1 Å². The zero-order chi connectivity index (χ0) is 14.4. The van der Waals surface area contributed by atoms with Crippen LogP contribution in [-0.2, 0) is 6.54 Å². The van der Waals surface area contributed by atoms with Gasteiger partial charge >= 0.3 is 0 Å². The molecule has 3 nitrogen and oxygen atoms in total. The smallest absolute Gasteiger partial charge is 0.174 e. The number of benzene rings is 2. The second-order valence-electron chi connectivity index (χ2n) is 4.11. The van der Waals surface area contributed by atoms with E-state index in [0.29, 0.717) is 17.3 Å². The molecule has 2 rings (SSSR count). The lowest BCUT2D eigenvalue weighted by molar-refractivity contribution is 0.368. The Bertz CT molecular complexity index is 620. The fourth-order valence-electron chi connectivity index (χ4n) is 1.73.